The number of nitrogens with zero attached hydrogens (tertiary/aromatic N) is 2. The van der Waals surface area contributed by atoms with Crippen LogP contribution in [0.15, 0.2) is 23.7 Å². The molecule has 0 saturated heterocycles. The fraction of sp³-hybridized carbons (Fsp3) is 0.467. The van der Waals surface area contributed by atoms with Crippen LogP contribution in [0.3, 0.4) is 0 Å². The van der Waals surface area contributed by atoms with E-state index in [4.69, 9.17) is 15.1 Å². The molecule has 0 aliphatic rings. The molecule has 2 N–H and O–H groups in total. The van der Waals surface area contributed by atoms with E-state index in [0.717, 1.165) is 16.3 Å². The Morgan fingerprint density at radius 2 is 2.00 bits per heavy atom. The third-order valence-corrected chi connectivity index (χ3v) is 4.56. The number of anilines is 1. The van der Waals surface area contributed by atoms with Gasteiger partial charge in [-0.05, 0) is 30.6 Å². The standard InChI is InChI=1S/C15H22N3OSSi/c1-15(2,3)13(19-21(4)5)14-18-11(9-20-14)10-6-7-12(16)17-8-10/h6-9,13H,1-5H3,(H2,16,17). The van der Waals surface area contributed by atoms with Crippen molar-refractivity contribution in [2.45, 2.75) is 40.0 Å². The van der Waals surface area contributed by atoms with Gasteiger partial charge in [-0.3, -0.25) is 0 Å². The summed E-state index contributed by atoms with van der Waals surface area (Å²) in [5.74, 6) is 0.523. The minimum absolute atomic E-state index is 0.0242. The predicted molar refractivity (Wildman–Crippen MR) is 90.5 cm³/mol. The van der Waals surface area contributed by atoms with Gasteiger partial charge in [0.05, 0.1) is 5.69 Å². The lowest BCUT2D eigenvalue weighted by Gasteiger charge is -2.30. The highest BCUT2D eigenvalue weighted by molar-refractivity contribution is 7.10. The molecule has 0 spiro atoms. The molecule has 1 unspecified atom stereocenters. The zero-order valence-corrected chi connectivity index (χ0v) is 15.0. The quantitative estimate of drug-likeness (QED) is 0.860. The van der Waals surface area contributed by atoms with Crippen molar-refractivity contribution in [2.24, 2.45) is 5.41 Å². The number of pyridine rings is 1. The Morgan fingerprint density at radius 1 is 1.29 bits per heavy atom. The highest BCUT2D eigenvalue weighted by Crippen LogP contribution is 2.39. The first kappa shape index (κ1) is 16.1. The molecule has 21 heavy (non-hydrogen) atoms. The summed E-state index contributed by atoms with van der Waals surface area (Å²) in [4.78, 5) is 8.88. The third kappa shape index (κ3) is 4.12. The Morgan fingerprint density at radius 3 is 2.52 bits per heavy atom. The smallest absolute Gasteiger partial charge is 0.206 e. The van der Waals surface area contributed by atoms with Crippen LogP contribution in [-0.2, 0) is 4.43 Å². The molecule has 113 valence electrons. The summed E-state index contributed by atoms with van der Waals surface area (Å²) in [5.41, 5.74) is 7.56. The van der Waals surface area contributed by atoms with Gasteiger partial charge in [0.25, 0.3) is 0 Å². The van der Waals surface area contributed by atoms with Gasteiger partial charge in [0, 0.05) is 17.1 Å². The first-order valence-electron chi connectivity index (χ1n) is 6.91. The molecule has 2 aromatic heterocycles. The monoisotopic (exact) mass is 320 g/mol. The van der Waals surface area contributed by atoms with Crippen molar-refractivity contribution in [1.29, 1.82) is 0 Å². The number of hydrogen-bond acceptors (Lipinski definition) is 5. The Labute approximate surface area is 132 Å². The molecule has 1 radical (unpaired) electrons. The van der Waals surface area contributed by atoms with Crippen LogP contribution < -0.4 is 5.73 Å². The molecule has 0 aliphatic carbocycles. The molecule has 0 aromatic carbocycles. The van der Waals surface area contributed by atoms with Crippen molar-refractivity contribution in [3.8, 4) is 11.3 Å². The zero-order valence-electron chi connectivity index (χ0n) is 13.2. The number of aromatic nitrogens is 2. The lowest BCUT2D eigenvalue weighted by atomic mass is 9.89. The highest BCUT2D eigenvalue weighted by Gasteiger charge is 2.30. The molecule has 0 amide bonds. The summed E-state index contributed by atoms with van der Waals surface area (Å²) in [6.07, 6.45) is 1.79. The van der Waals surface area contributed by atoms with Gasteiger partial charge in [-0.2, -0.15) is 0 Å². The molecular weight excluding hydrogens is 298 g/mol. The van der Waals surface area contributed by atoms with Crippen LogP contribution >= 0.6 is 11.3 Å². The average molecular weight is 321 g/mol. The van der Waals surface area contributed by atoms with Crippen molar-refractivity contribution in [3.05, 3.63) is 28.7 Å². The molecule has 1 atom stereocenters. The fourth-order valence-electron chi connectivity index (χ4n) is 1.93. The molecule has 0 bridgehead atoms. The second-order valence-corrected chi connectivity index (χ2v) is 9.26. The van der Waals surface area contributed by atoms with Gasteiger partial charge in [0.15, 0.2) is 0 Å². The molecule has 2 heterocycles. The van der Waals surface area contributed by atoms with E-state index in [0.29, 0.717) is 5.82 Å². The zero-order chi connectivity index (χ0) is 15.6. The van der Waals surface area contributed by atoms with E-state index < -0.39 is 9.04 Å². The van der Waals surface area contributed by atoms with Crippen LogP contribution in [0.1, 0.15) is 31.9 Å². The molecule has 2 aromatic rings. The Bertz CT molecular complexity index is 590. The third-order valence-electron chi connectivity index (χ3n) is 2.97. The van der Waals surface area contributed by atoms with Gasteiger partial charge in [0.2, 0.25) is 9.04 Å². The van der Waals surface area contributed by atoms with Crippen LogP contribution in [0, 0.1) is 5.41 Å². The first-order chi connectivity index (χ1) is 9.77. The topological polar surface area (TPSA) is 61.0 Å². The molecule has 6 heteroatoms. The van der Waals surface area contributed by atoms with Crippen molar-refractivity contribution in [1.82, 2.24) is 9.97 Å². The van der Waals surface area contributed by atoms with E-state index >= 15 is 0 Å². The lowest BCUT2D eigenvalue weighted by Crippen LogP contribution is -2.25. The van der Waals surface area contributed by atoms with Crippen LogP contribution in [0.25, 0.3) is 11.3 Å². The van der Waals surface area contributed by atoms with E-state index in [1.165, 1.54) is 0 Å². The van der Waals surface area contributed by atoms with E-state index in [2.05, 4.69) is 44.2 Å². The number of nitrogen functional groups attached to an aromatic ring is 1. The van der Waals surface area contributed by atoms with Crippen LogP contribution in [0.4, 0.5) is 5.82 Å². The summed E-state index contributed by atoms with van der Waals surface area (Å²) in [7, 11) is -0.785. The SMILES string of the molecule is C[Si](C)OC(c1nc(-c2ccc(N)nc2)cs1)C(C)(C)C. The summed E-state index contributed by atoms with van der Waals surface area (Å²) < 4.78 is 6.18. The van der Waals surface area contributed by atoms with Gasteiger partial charge in [-0.1, -0.05) is 20.8 Å². The number of thiazole rings is 1. The van der Waals surface area contributed by atoms with Gasteiger partial charge in [-0.25, -0.2) is 9.97 Å². The van der Waals surface area contributed by atoms with Crippen LogP contribution in [0.5, 0.6) is 0 Å². The normalized spacial score (nSPS) is 13.6. The Hall–Kier alpha value is -1.24. The Balaban J connectivity index is 2.30. The predicted octanol–water partition coefficient (Wildman–Crippen LogP) is 4.14. The number of hydrogen-bond donors (Lipinski definition) is 1. The van der Waals surface area contributed by atoms with E-state index in [1.54, 1.807) is 23.6 Å². The molecule has 4 nitrogen and oxygen atoms in total. The summed E-state index contributed by atoms with van der Waals surface area (Å²) in [6.45, 7) is 10.9. The minimum atomic E-state index is -0.785. The highest BCUT2D eigenvalue weighted by atomic mass is 32.1. The molecule has 2 rings (SSSR count). The number of nitrogens with two attached hydrogens (primary N) is 1. The van der Waals surface area contributed by atoms with Crippen molar-refractivity contribution in [2.75, 3.05) is 5.73 Å². The van der Waals surface area contributed by atoms with Gasteiger partial charge in [0.1, 0.15) is 16.9 Å². The van der Waals surface area contributed by atoms with E-state index in [-0.39, 0.29) is 11.5 Å². The maximum atomic E-state index is 6.18. The second-order valence-electron chi connectivity index (χ2n) is 6.31. The molecule has 0 fully saturated rings. The first-order valence-corrected chi connectivity index (χ1v) is 10.2. The summed E-state index contributed by atoms with van der Waals surface area (Å²) in [5, 5.41) is 3.09. The maximum Gasteiger partial charge on any atom is 0.206 e. The van der Waals surface area contributed by atoms with E-state index in [1.807, 2.05) is 6.07 Å². The molecular formula is C15H22N3OSSi. The second kappa shape index (κ2) is 6.25. The van der Waals surface area contributed by atoms with Crippen molar-refractivity contribution < 1.29 is 4.43 Å². The largest absolute Gasteiger partial charge is 0.407 e. The maximum absolute atomic E-state index is 6.18. The number of rotatable bonds is 4. The van der Waals surface area contributed by atoms with Crippen LogP contribution in [-0.4, -0.2) is 19.0 Å². The molecule has 0 saturated carbocycles. The summed E-state index contributed by atoms with van der Waals surface area (Å²) >= 11 is 1.65. The van der Waals surface area contributed by atoms with Crippen molar-refractivity contribution >= 4 is 26.2 Å². The van der Waals surface area contributed by atoms with E-state index in [9.17, 15) is 0 Å². The molecule has 0 aliphatic heterocycles. The minimum Gasteiger partial charge on any atom is -0.407 e. The summed E-state index contributed by atoms with van der Waals surface area (Å²) in [6, 6.07) is 3.74. The lowest BCUT2D eigenvalue weighted by molar-refractivity contribution is 0.0864. The van der Waals surface area contributed by atoms with Gasteiger partial charge in [-0.15, -0.1) is 11.3 Å². The Kier molecular flexibility index (Phi) is 4.80. The average Bonchev–Trinajstić information content (AvgIpc) is 2.84. The van der Waals surface area contributed by atoms with Crippen LogP contribution in [0.2, 0.25) is 13.1 Å². The van der Waals surface area contributed by atoms with Gasteiger partial charge >= 0.3 is 0 Å². The fourth-order valence-corrected chi connectivity index (χ4v) is 4.05. The van der Waals surface area contributed by atoms with Gasteiger partial charge < -0.3 is 10.2 Å². The van der Waals surface area contributed by atoms with Crippen molar-refractivity contribution in [3.63, 3.8) is 0 Å².